The summed E-state index contributed by atoms with van der Waals surface area (Å²) in [6.07, 6.45) is 38.8. The monoisotopic (exact) mass is 778 g/mol. The molecular weight excluding hydrogens is 683 g/mol. The van der Waals surface area contributed by atoms with E-state index in [-0.39, 0.29) is 23.9 Å². The van der Waals surface area contributed by atoms with E-state index in [2.05, 4.69) is 48.5 Å². The Hall–Kier alpha value is -1.83. The van der Waals surface area contributed by atoms with E-state index in [1.807, 2.05) is 7.05 Å². The Bertz CT molecular complexity index is 814. The maximum Gasteiger partial charge on any atom is 0.317 e. The molecule has 0 saturated carbocycles. The van der Waals surface area contributed by atoms with Gasteiger partial charge in [0.15, 0.2) is 0 Å². The number of hydrogen-bond donors (Lipinski definition) is 3. The number of nitrogens with one attached hydrogen (secondary N) is 3. The largest absolute Gasteiger partial charge is 0.356 e. The second kappa shape index (κ2) is 41.8. The van der Waals surface area contributed by atoms with E-state index in [1.54, 1.807) is 4.90 Å². The second-order valence-corrected chi connectivity index (χ2v) is 16.8. The summed E-state index contributed by atoms with van der Waals surface area (Å²) in [4.78, 5) is 42.4. The molecule has 4 amide bonds. The lowest BCUT2D eigenvalue weighted by Crippen LogP contribution is -2.43. The first-order chi connectivity index (χ1) is 26.8. The molecule has 0 saturated heterocycles. The number of nitrogens with zero attached hydrogens (tertiary/aromatic N) is 2. The Labute approximate surface area is 342 Å². The summed E-state index contributed by atoms with van der Waals surface area (Å²) >= 11 is 0. The Kier molecular flexibility index (Phi) is 40.4. The van der Waals surface area contributed by atoms with Gasteiger partial charge in [0.2, 0.25) is 11.8 Å². The first-order valence-corrected chi connectivity index (χ1v) is 24.1. The number of urea groups is 1. The van der Waals surface area contributed by atoms with Crippen molar-refractivity contribution in [1.29, 1.82) is 0 Å². The molecular formula is C47H95N5O3. The second-order valence-electron chi connectivity index (χ2n) is 16.8. The van der Waals surface area contributed by atoms with Gasteiger partial charge in [0, 0.05) is 58.7 Å². The third-order valence-electron chi connectivity index (χ3n) is 11.2. The van der Waals surface area contributed by atoms with Crippen LogP contribution in [-0.4, -0.2) is 80.0 Å². The standard InChI is InChI=1S/C47H95N5O3/c1-6-9-12-15-18-21-23-26-29-32-38-48-45(53)36-42-52(43-37-46(54)49-39-33-30-27-24-22-19-16-13-10-7-2)41-34-40-51(5)47(55)50-44(4)35-31-28-25-20-17-14-11-8-3/h44H,6-43H2,1-5H3,(H,48,53)(H,49,54)(H,50,55). The Morgan fingerprint density at radius 2 is 0.782 bits per heavy atom. The minimum atomic E-state index is -0.0173. The molecule has 0 aliphatic rings. The molecule has 0 aromatic rings. The van der Waals surface area contributed by atoms with Crippen LogP contribution in [0.4, 0.5) is 4.79 Å². The number of hydrogen-bond acceptors (Lipinski definition) is 4. The highest BCUT2D eigenvalue weighted by Gasteiger charge is 2.14. The third-order valence-corrected chi connectivity index (χ3v) is 11.2. The minimum absolute atomic E-state index is 0.0173. The van der Waals surface area contributed by atoms with Crippen LogP contribution in [0.1, 0.15) is 233 Å². The Morgan fingerprint density at radius 1 is 0.436 bits per heavy atom. The summed E-state index contributed by atoms with van der Waals surface area (Å²) in [6.45, 7) is 13.0. The summed E-state index contributed by atoms with van der Waals surface area (Å²) in [5.74, 6) is 0.182. The number of rotatable bonds is 42. The van der Waals surface area contributed by atoms with Crippen molar-refractivity contribution in [3.8, 4) is 0 Å². The van der Waals surface area contributed by atoms with E-state index in [9.17, 15) is 14.4 Å². The fourth-order valence-electron chi connectivity index (χ4n) is 7.32. The quantitative estimate of drug-likeness (QED) is 0.0538. The molecule has 55 heavy (non-hydrogen) atoms. The summed E-state index contributed by atoms with van der Waals surface area (Å²) in [5, 5.41) is 9.43. The van der Waals surface area contributed by atoms with Crippen LogP contribution in [0.5, 0.6) is 0 Å². The average Bonchev–Trinajstić information content (AvgIpc) is 3.17. The van der Waals surface area contributed by atoms with Crippen LogP contribution in [0.25, 0.3) is 0 Å². The molecule has 0 fully saturated rings. The van der Waals surface area contributed by atoms with E-state index in [0.29, 0.717) is 32.5 Å². The van der Waals surface area contributed by atoms with Crippen molar-refractivity contribution in [3.63, 3.8) is 0 Å². The molecule has 0 heterocycles. The highest BCUT2D eigenvalue weighted by molar-refractivity contribution is 5.76. The highest BCUT2D eigenvalue weighted by Crippen LogP contribution is 2.13. The van der Waals surface area contributed by atoms with Gasteiger partial charge in [0.25, 0.3) is 0 Å². The predicted molar refractivity (Wildman–Crippen MR) is 238 cm³/mol. The SMILES string of the molecule is CCCCCCCCCCCCNC(=O)CCN(CCCN(C)C(=O)NC(C)CCCCCCCCCC)CCC(=O)NCCCCCCCCCCCC. The summed E-state index contributed by atoms with van der Waals surface area (Å²) < 4.78 is 0. The fourth-order valence-corrected chi connectivity index (χ4v) is 7.32. The molecule has 0 aromatic heterocycles. The van der Waals surface area contributed by atoms with Gasteiger partial charge in [-0.3, -0.25) is 9.59 Å². The molecule has 0 bridgehead atoms. The molecule has 8 heteroatoms. The number of amides is 4. The maximum atomic E-state index is 12.9. The van der Waals surface area contributed by atoms with E-state index in [1.165, 1.54) is 161 Å². The highest BCUT2D eigenvalue weighted by atomic mass is 16.2. The lowest BCUT2D eigenvalue weighted by Gasteiger charge is -2.25. The van der Waals surface area contributed by atoms with Crippen molar-refractivity contribution in [3.05, 3.63) is 0 Å². The van der Waals surface area contributed by atoms with Crippen LogP contribution < -0.4 is 16.0 Å². The van der Waals surface area contributed by atoms with Gasteiger partial charge in [-0.15, -0.1) is 0 Å². The van der Waals surface area contributed by atoms with Crippen LogP contribution in [0.3, 0.4) is 0 Å². The van der Waals surface area contributed by atoms with Crippen molar-refractivity contribution in [1.82, 2.24) is 25.8 Å². The smallest absolute Gasteiger partial charge is 0.317 e. The normalized spacial score (nSPS) is 11.9. The minimum Gasteiger partial charge on any atom is -0.356 e. The first kappa shape index (κ1) is 53.2. The van der Waals surface area contributed by atoms with E-state index < -0.39 is 0 Å². The molecule has 8 nitrogen and oxygen atoms in total. The fraction of sp³-hybridized carbons (Fsp3) is 0.936. The molecule has 1 atom stereocenters. The lowest BCUT2D eigenvalue weighted by atomic mass is 10.1. The summed E-state index contributed by atoms with van der Waals surface area (Å²) in [6, 6.07) is 0.153. The van der Waals surface area contributed by atoms with Crippen LogP contribution in [0.2, 0.25) is 0 Å². The third kappa shape index (κ3) is 38.8. The molecule has 1 unspecified atom stereocenters. The summed E-state index contributed by atoms with van der Waals surface area (Å²) in [5.41, 5.74) is 0. The lowest BCUT2D eigenvalue weighted by molar-refractivity contribution is -0.121. The van der Waals surface area contributed by atoms with Gasteiger partial charge in [-0.25, -0.2) is 4.79 Å². The average molecular weight is 778 g/mol. The van der Waals surface area contributed by atoms with Crippen LogP contribution >= 0.6 is 0 Å². The molecule has 0 aliphatic carbocycles. The van der Waals surface area contributed by atoms with Gasteiger partial charge < -0.3 is 25.8 Å². The molecule has 0 rings (SSSR count). The van der Waals surface area contributed by atoms with Gasteiger partial charge in [-0.05, 0) is 39.2 Å². The van der Waals surface area contributed by atoms with Crippen LogP contribution in [0, 0.1) is 0 Å². The first-order valence-electron chi connectivity index (χ1n) is 24.1. The zero-order valence-corrected chi connectivity index (χ0v) is 37.6. The number of unbranched alkanes of at least 4 members (excludes halogenated alkanes) is 25. The summed E-state index contributed by atoms with van der Waals surface area (Å²) in [7, 11) is 1.87. The zero-order chi connectivity index (χ0) is 40.5. The van der Waals surface area contributed by atoms with Gasteiger partial charge in [-0.2, -0.15) is 0 Å². The molecule has 0 aromatic carbocycles. The predicted octanol–water partition coefficient (Wildman–Crippen LogP) is 12.1. The van der Waals surface area contributed by atoms with Gasteiger partial charge in [-0.1, -0.05) is 188 Å². The van der Waals surface area contributed by atoms with Crippen LogP contribution in [0.15, 0.2) is 0 Å². The van der Waals surface area contributed by atoms with Gasteiger partial charge in [0.05, 0.1) is 0 Å². The van der Waals surface area contributed by atoms with E-state index in [0.717, 1.165) is 51.7 Å². The van der Waals surface area contributed by atoms with E-state index >= 15 is 0 Å². The molecule has 0 radical (unpaired) electrons. The molecule has 0 spiro atoms. The van der Waals surface area contributed by atoms with E-state index in [4.69, 9.17) is 0 Å². The van der Waals surface area contributed by atoms with Crippen molar-refractivity contribution in [2.45, 2.75) is 239 Å². The molecule has 326 valence electrons. The van der Waals surface area contributed by atoms with Gasteiger partial charge in [0.1, 0.15) is 0 Å². The van der Waals surface area contributed by atoms with Crippen molar-refractivity contribution in [2.24, 2.45) is 0 Å². The van der Waals surface area contributed by atoms with Crippen LogP contribution in [-0.2, 0) is 9.59 Å². The van der Waals surface area contributed by atoms with Gasteiger partial charge >= 0.3 is 6.03 Å². The topological polar surface area (TPSA) is 93.8 Å². The zero-order valence-electron chi connectivity index (χ0n) is 37.6. The van der Waals surface area contributed by atoms with Crippen molar-refractivity contribution in [2.75, 3.05) is 46.3 Å². The number of carbonyl (C=O) groups excluding carboxylic acids is 3. The molecule has 0 aliphatic heterocycles. The van der Waals surface area contributed by atoms with Crippen molar-refractivity contribution < 1.29 is 14.4 Å². The maximum absolute atomic E-state index is 12.9. The Balaban J connectivity index is 4.50. The Morgan fingerprint density at radius 3 is 1.16 bits per heavy atom. The molecule has 3 N–H and O–H groups in total. The van der Waals surface area contributed by atoms with Crippen molar-refractivity contribution >= 4 is 17.8 Å². The number of carbonyl (C=O) groups is 3.